The van der Waals surface area contributed by atoms with Gasteiger partial charge in [0, 0.05) is 18.7 Å². The molecule has 16 heavy (non-hydrogen) atoms. The second-order valence-electron chi connectivity index (χ2n) is 3.98. The smallest absolute Gasteiger partial charge is 0.265 e. The molecular weight excluding hydrogens is 204 g/mol. The molecule has 1 aromatic rings. The molecule has 5 heteroatoms. The zero-order valence-corrected chi connectivity index (χ0v) is 9.07. The molecule has 5 N–H and O–H groups in total. The maximum Gasteiger partial charge on any atom is 0.265 e. The Kier molecular flexibility index (Phi) is 2.96. The molecule has 0 aliphatic carbocycles. The Morgan fingerprint density at radius 2 is 1.88 bits per heavy atom. The molecule has 0 atom stereocenters. The van der Waals surface area contributed by atoms with E-state index in [0.29, 0.717) is 16.9 Å². The second kappa shape index (κ2) is 4.40. The Labute approximate surface area is 94.4 Å². The van der Waals surface area contributed by atoms with Gasteiger partial charge in [0.15, 0.2) is 0 Å². The number of carbonyl (C=O) groups is 1. The fourth-order valence-corrected chi connectivity index (χ4v) is 1.75. The highest BCUT2D eigenvalue weighted by molar-refractivity contribution is 5.95. The molecule has 1 aromatic carbocycles. The molecule has 0 saturated carbocycles. The molecule has 1 heterocycles. The van der Waals surface area contributed by atoms with Crippen LogP contribution in [0.4, 0.5) is 11.4 Å². The highest BCUT2D eigenvalue weighted by atomic mass is 16.2. The van der Waals surface area contributed by atoms with Gasteiger partial charge >= 0.3 is 0 Å². The van der Waals surface area contributed by atoms with Crippen LogP contribution in [0.3, 0.4) is 0 Å². The van der Waals surface area contributed by atoms with E-state index in [1.165, 1.54) is 0 Å². The molecule has 1 saturated heterocycles. The summed E-state index contributed by atoms with van der Waals surface area (Å²) >= 11 is 0. The summed E-state index contributed by atoms with van der Waals surface area (Å²) in [5.74, 6) is -0.131. The number of nitrogens with zero attached hydrogens (tertiary/aromatic N) is 1. The number of carbonyl (C=O) groups excluding carboxylic acids is 1. The fourth-order valence-electron chi connectivity index (χ4n) is 1.75. The minimum Gasteiger partial charge on any atom is -0.397 e. The van der Waals surface area contributed by atoms with Gasteiger partial charge in [-0.1, -0.05) is 0 Å². The summed E-state index contributed by atoms with van der Waals surface area (Å²) in [7, 11) is 0. The topological polar surface area (TPSA) is 84.4 Å². The van der Waals surface area contributed by atoms with Crippen molar-refractivity contribution in [3.8, 4) is 0 Å². The van der Waals surface area contributed by atoms with Gasteiger partial charge in [-0.15, -0.1) is 0 Å². The first kappa shape index (κ1) is 10.8. The molecule has 86 valence electrons. The lowest BCUT2D eigenvalue weighted by Crippen LogP contribution is -2.40. The van der Waals surface area contributed by atoms with E-state index in [1.54, 1.807) is 18.2 Å². The van der Waals surface area contributed by atoms with Crippen LogP contribution in [0.5, 0.6) is 0 Å². The van der Waals surface area contributed by atoms with E-state index >= 15 is 0 Å². The summed E-state index contributed by atoms with van der Waals surface area (Å²) in [6.07, 6.45) is 2.26. The molecule has 1 fully saturated rings. The lowest BCUT2D eigenvalue weighted by molar-refractivity contribution is 0.0826. The summed E-state index contributed by atoms with van der Waals surface area (Å²) in [4.78, 5) is 11.8. The summed E-state index contributed by atoms with van der Waals surface area (Å²) < 4.78 is 0. The number of hydrazine groups is 1. The van der Waals surface area contributed by atoms with Gasteiger partial charge in [0.05, 0.1) is 11.4 Å². The average Bonchev–Trinajstić information content (AvgIpc) is 2.74. The van der Waals surface area contributed by atoms with Gasteiger partial charge < -0.3 is 11.5 Å². The molecular formula is C11H16N4O. The van der Waals surface area contributed by atoms with Crippen molar-refractivity contribution >= 4 is 17.3 Å². The Bertz CT molecular complexity index is 399. The number of anilines is 2. The van der Waals surface area contributed by atoms with Crippen molar-refractivity contribution in [2.24, 2.45) is 0 Å². The molecule has 1 aliphatic rings. The summed E-state index contributed by atoms with van der Waals surface area (Å²) in [5.41, 5.74) is 15.6. The van der Waals surface area contributed by atoms with Gasteiger partial charge in [-0.05, 0) is 31.0 Å². The highest BCUT2D eigenvalue weighted by Crippen LogP contribution is 2.16. The zero-order valence-electron chi connectivity index (χ0n) is 9.07. The molecule has 0 aromatic heterocycles. The quantitative estimate of drug-likeness (QED) is 0.637. The van der Waals surface area contributed by atoms with Crippen molar-refractivity contribution in [1.29, 1.82) is 0 Å². The molecule has 0 radical (unpaired) electrons. The SMILES string of the molecule is Nc1ccc(C(=O)NN2CCCC2)cc1N. The molecule has 0 unspecified atom stereocenters. The Morgan fingerprint density at radius 1 is 1.19 bits per heavy atom. The number of amides is 1. The third-order valence-electron chi connectivity index (χ3n) is 2.71. The number of nitrogens with two attached hydrogens (primary N) is 2. The second-order valence-corrected chi connectivity index (χ2v) is 3.98. The van der Waals surface area contributed by atoms with Crippen molar-refractivity contribution in [3.63, 3.8) is 0 Å². The van der Waals surface area contributed by atoms with Crippen LogP contribution in [-0.4, -0.2) is 24.0 Å². The predicted molar refractivity (Wildman–Crippen MR) is 63.5 cm³/mol. The number of nitrogens with one attached hydrogen (secondary N) is 1. The van der Waals surface area contributed by atoms with Gasteiger partial charge in [0.2, 0.25) is 0 Å². The predicted octanol–water partition coefficient (Wildman–Crippen LogP) is 0.592. The first-order chi connectivity index (χ1) is 7.66. The zero-order chi connectivity index (χ0) is 11.5. The summed E-state index contributed by atoms with van der Waals surface area (Å²) in [6, 6.07) is 4.92. The maximum atomic E-state index is 11.8. The van der Waals surface area contributed by atoms with Crippen LogP contribution in [0.25, 0.3) is 0 Å². The molecule has 2 rings (SSSR count). The van der Waals surface area contributed by atoms with Gasteiger partial charge in [-0.25, -0.2) is 5.01 Å². The third kappa shape index (κ3) is 2.25. The first-order valence-corrected chi connectivity index (χ1v) is 5.38. The largest absolute Gasteiger partial charge is 0.397 e. The van der Waals surface area contributed by atoms with E-state index in [0.717, 1.165) is 25.9 Å². The highest BCUT2D eigenvalue weighted by Gasteiger charge is 2.15. The van der Waals surface area contributed by atoms with Gasteiger partial charge in [0.25, 0.3) is 5.91 Å². The summed E-state index contributed by atoms with van der Waals surface area (Å²) in [5, 5.41) is 1.93. The van der Waals surface area contributed by atoms with Crippen LogP contribution in [0.1, 0.15) is 23.2 Å². The van der Waals surface area contributed by atoms with E-state index in [4.69, 9.17) is 11.5 Å². The van der Waals surface area contributed by atoms with E-state index in [-0.39, 0.29) is 5.91 Å². The van der Waals surface area contributed by atoms with Crippen LogP contribution in [0.15, 0.2) is 18.2 Å². The lowest BCUT2D eigenvalue weighted by Gasteiger charge is -2.16. The van der Waals surface area contributed by atoms with Crippen LogP contribution in [0.2, 0.25) is 0 Å². The Morgan fingerprint density at radius 3 is 2.50 bits per heavy atom. The molecule has 1 aliphatic heterocycles. The third-order valence-corrected chi connectivity index (χ3v) is 2.71. The van der Waals surface area contributed by atoms with Crippen LogP contribution in [-0.2, 0) is 0 Å². The van der Waals surface area contributed by atoms with E-state index in [9.17, 15) is 4.79 Å². The number of hydrogen-bond acceptors (Lipinski definition) is 4. The molecule has 0 bridgehead atoms. The molecule has 1 amide bonds. The number of hydrogen-bond donors (Lipinski definition) is 3. The van der Waals surface area contributed by atoms with Crippen molar-refractivity contribution in [1.82, 2.24) is 10.4 Å². The summed E-state index contributed by atoms with van der Waals surface area (Å²) in [6.45, 7) is 1.83. The van der Waals surface area contributed by atoms with Gasteiger partial charge in [-0.3, -0.25) is 10.2 Å². The first-order valence-electron chi connectivity index (χ1n) is 5.38. The Hall–Kier alpha value is -1.75. The van der Waals surface area contributed by atoms with Crippen molar-refractivity contribution in [2.45, 2.75) is 12.8 Å². The van der Waals surface area contributed by atoms with Crippen molar-refractivity contribution < 1.29 is 4.79 Å². The fraction of sp³-hybridized carbons (Fsp3) is 0.364. The normalized spacial score (nSPS) is 16.2. The number of benzene rings is 1. The lowest BCUT2D eigenvalue weighted by atomic mass is 10.1. The molecule has 5 nitrogen and oxygen atoms in total. The van der Waals surface area contributed by atoms with E-state index in [1.807, 2.05) is 5.01 Å². The van der Waals surface area contributed by atoms with Crippen LogP contribution in [0, 0.1) is 0 Å². The minimum absolute atomic E-state index is 0.131. The Balaban J connectivity index is 2.05. The number of rotatable bonds is 2. The average molecular weight is 220 g/mol. The van der Waals surface area contributed by atoms with Gasteiger partial charge in [-0.2, -0.15) is 0 Å². The van der Waals surface area contributed by atoms with Crippen LogP contribution < -0.4 is 16.9 Å². The van der Waals surface area contributed by atoms with E-state index in [2.05, 4.69) is 5.43 Å². The van der Waals surface area contributed by atoms with Crippen molar-refractivity contribution in [3.05, 3.63) is 23.8 Å². The van der Waals surface area contributed by atoms with Crippen LogP contribution >= 0.6 is 0 Å². The maximum absolute atomic E-state index is 11.8. The van der Waals surface area contributed by atoms with Crippen molar-refractivity contribution in [2.75, 3.05) is 24.6 Å². The van der Waals surface area contributed by atoms with E-state index < -0.39 is 0 Å². The van der Waals surface area contributed by atoms with Gasteiger partial charge in [0.1, 0.15) is 0 Å². The number of nitrogen functional groups attached to an aromatic ring is 2. The molecule has 0 spiro atoms. The standard InChI is InChI=1S/C11H16N4O/c12-9-4-3-8(7-10(9)13)11(16)14-15-5-1-2-6-15/h3-4,7H,1-2,5-6,12-13H2,(H,14,16). The monoisotopic (exact) mass is 220 g/mol. The minimum atomic E-state index is -0.131.